The molecule has 24 heavy (non-hydrogen) atoms. The van der Waals surface area contributed by atoms with E-state index in [2.05, 4.69) is 5.32 Å². The maximum atomic E-state index is 12.3. The summed E-state index contributed by atoms with van der Waals surface area (Å²) in [6, 6.07) is 7.19. The van der Waals surface area contributed by atoms with Gasteiger partial charge in [-0.1, -0.05) is 12.1 Å². The van der Waals surface area contributed by atoms with E-state index >= 15 is 0 Å². The molecule has 134 valence electrons. The number of likely N-dealkylation sites (N-methyl/N-ethyl adjacent to an activating group) is 1. The molecule has 0 unspecified atom stereocenters. The molecule has 1 aromatic carbocycles. The van der Waals surface area contributed by atoms with Gasteiger partial charge in [0.25, 0.3) is 0 Å². The molecule has 0 aliphatic heterocycles. The van der Waals surface area contributed by atoms with Gasteiger partial charge >= 0.3 is 6.09 Å². The molecule has 1 N–H and O–H groups in total. The van der Waals surface area contributed by atoms with Crippen LogP contribution in [0.4, 0.5) is 4.79 Å². The highest BCUT2D eigenvalue weighted by Gasteiger charge is 2.19. The van der Waals surface area contributed by atoms with Gasteiger partial charge in [0.1, 0.15) is 11.4 Å². The number of nitrogens with zero attached hydrogens (tertiary/aromatic N) is 1. The second kappa shape index (κ2) is 8.57. The Bertz CT molecular complexity index is 549. The second-order valence-corrected chi connectivity index (χ2v) is 6.85. The maximum Gasteiger partial charge on any atom is 0.407 e. The van der Waals surface area contributed by atoms with Crippen LogP contribution in [0.1, 0.15) is 33.3 Å². The van der Waals surface area contributed by atoms with Crippen LogP contribution in [0, 0.1) is 0 Å². The van der Waals surface area contributed by atoms with E-state index in [1.807, 2.05) is 52.0 Å². The first-order valence-electron chi connectivity index (χ1n) is 7.97. The second-order valence-electron chi connectivity index (χ2n) is 6.85. The van der Waals surface area contributed by atoms with Crippen molar-refractivity contribution in [3.05, 3.63) is 29.8 Å². The number of alkyl carbamates (subject to hydrolysis) is 1. The molecule has 0 aromatic heterocycles. The predicted octanol–water partition coefficient (Wildman–Crippen LogP) is 2.61. The first kappa shape index (κ1) is 19.8. The van der Waals surface area contributed by atoms with Crippen LogP contribution in [-0.2, 0) is 16.0 Å². The van der Waals surface area contributed by atoms with Gasteiger partial charge in [-0.2, -0.15) is 0 Å². The summed E-state index contributed by atoms with van der Waals surface area (Å²) in [7, 11) is 3.33. The van der Waals surface area contributed by atoms with Crippen LogP contribution in [0.3, 0.4) is 0 Å². The number of nitrogens with one attached hydrogen (secondary N) is 1. The van der Waals surface area contributed by atoms with Crippen molar-refractivity contribution in [2.75, 3.05) is 20.7 Å². The third-order valence-electron chi connectivity index (χ3n) is 3.25. The molecular formula is C18H28N2O4. The molecule has 0 spiro atoms. The number of ether oxygens (including phenoxy) is 2. The maximum absolute atomic E-state index is 12.3. The highest BCUT2D eigenvalue weighted by molar-refractivity contribution is 5.78. The van der Waals surface area contributed by atoms with E-state index in [0.717, 1.165) is 11.3 Å². The number of hydrogen-bond acceptors (Lipinski definition) is 4. The molecule has 6 heteroatoms. The highest BCUT2D eigenvalue weighted by atomic mass is 16.6. The van der Waals surface area contributed by atoms with Crippen molar-refractivity contribution in [3.8, 4) is 5.75 Å². The summed E-state index contributed by atoms with van der Waals surface area (Å²) in [5.74, 6) is 0.743. The van der Waals surface area contributed by atoms with E-state index in [4.69, 9.17) is 9.47 Å². The van der Waals surface area contributed by atoms with Crippen molar-refractivity contribution in [3.63, 3.8) is 0 Å². The standard InChI is InChI=1S/C18H28N2O4/c1-13(19-17(22)24-18(2,3)4)12-20(5)16(21)11-14-7-9-15(23-6)10-8-14/h7-10,13H,11-12H2,1-6H3,(H,19,22)/t13-/m1/s1. The van der Waals surface area contributed by atoms with Gasteiger partial charge in [0.2, 0.25) is 5.91 Å². The monoisotopic (exact) mass is 336 g/mol. The zero-order chi connectivity index (χ0) is 18.3. The van der Waals surface area contributed by atoms with E-state index in [9.17, 15) is 9.59 Å². The first-order chi connectivity index (χ1) is 11.1. The number of rotatable bonds is 6. The van der Waals surface area contributed by atoms with Gasteiger partial charge in [0.05, 0.1) is 13.5 Å². The molecule has 0 bridgehead atoms. The predicted molar refractivity (Wildman–Crippen MR) is 93.2 cm³/mol. The zero-order valence-electron chi connectivity index (χ0n) is 15.4. The van der Waals surface area contributed by atoms with Crippen LogP contribution < -0.4 is 10.1 Å². The van der Waals surface area contributed by atoms with E-state index in [1.54, 1.807) is 19.1 Å². The molecule has 2 amide bonds. The lowest BCUT2D eigenvalue weighted by Crippen LogP contribution is -2.44. The van der Waals surface area contributed by atoms with Crippen LogP contribution in [0.15, 0.2) is 24.3 Å². The molecule has 1 aromatic rings. The summed E-state index contributed by atoms with van der Waals surface area (Å²) in [4.78, 5) is 25.6. The summed E-state index contributed by atoms with van der Waals surface area (Å²) < 4.78 is 10.3. The Balaban J connectivity index is 2.46. The Kier molecular flexibility index (Phi) is 7.07. The average Bonchev–Trinajstić information content (AvgIpc) is 2.45. The van der Waals surface area contributed by atoms with Gasteiger partial charge in [-0.05, 0) is 45.4 Å². The normalized spacial score (nSPS) is 12.2. The minimum atomic E-state index is -0.542. The number of benzene rings is 1. The molecular weight excluding hydrogens is 308 g/mol. The Labute approximate surface area is 144 Å². The molecule has 0 fully saturated rings. The molecule has 1 rings (SSSR count). The molecule has 0 saturated heterocycles. The molecule has 0 saturated carbocycles. The van der Waals surface area contributed by atoms with Crippen LogP contribution in [0.5, 0.6) is 5.75 Å². The van der Waals surface area contributed by atoms with Crippen molar-refractivity contribution < 1.29 is 19.1 Å². The molecule has 0 heterocycles. The smallest absolute Gasteiger partial charge is 0.407 e. The zero-order valence-corrected chi connectivity index (χ0v) is 15.4. The van der Waals surface area contributed by atoms with Crippen molar-refractivity contribution in [1.82, 2.24) is 10.2 Å². The van der Waals surface area contributed by atoms with Gasteiger partial charge in [-0.25, -0.2) is 4.79 Å². The Morgan fingerprint density at radius 1 is 1.21 bits per heavy atom. The van der Waals surface area contributed by atoms with Crippen molar-refractivity contribution in [2.24, 2.45) is 0 Å². The summed E-state index contributed by atoms with van der Waals surface area (Å²) >= 11 is 0. The summed E-state index contributed by atoms with van der Waals surface area (Å²) in [6.45, 7) is 7.67. The van der Waals surface area contributed by atoms with Gasteiger partial charge in [0, 0.05) is 19.6 Å². The Morgan fingerprint density at radius 3 is 2.29 bits per heavy atom. The lowest BCUT2D eigenvalue weighted by molar-refractivity contribution is -0.129. The molecule has 0 aliphatic rings. The number of amides is 2. The summed E-state index contributed by atoms with van der Waals surface area (Å²) in [5, 5.41) is 2.73. The van der Waals surface area contributed by atoms with E-state index in [-0.39, 0.29) is 11.9 Å². The third kappa shape index (κ3) is 7.35. The Hall–Kier alpha value is -2.24. The van der Waals surface area contributed by atoms with E-state index in [1.165, 1.54) is 0 Å². The lowest BCUT2D eigenvalue weighted by atomic mass is 10.1. The molecule has 1 atom stereocenters. The minimum Gasteiger partial charge on any atom is -0.497 e. The molecule has 6 nitrogen and oxygen atoms in total. The molecule has 0 radical (unpaired) electrons. The van der Waals surface area contributed by atoms with Gasteiger partial charge in [-0.3, -0.25) is 4.79 Å². The fourth-order valence-electron chi connectivity index (χ4n) is 2.12. The third-order valence-corrected chi connectivity index (χ3v) is 3.25. The van der Waals surface area contributed by atoms with E-state index < -0.39 is 11.7 Å². The molecule has 0 aliphatic carbocycles. The Morgan fingerprint density at radius 2 is 1.79 bits per heavy atom. The van der Waals surface area contributed by atoms with Gasteiger partial charge in [0.15, 0.2) is 0 Å². The van der Waals surface area contributed by atoms with E-state index in [0.29, 0.717) is 13.0 Å². The van der Waals surface area contributed by atoms with Crippen LogP contribution in [-0.4, -0.2) is 49.2 Å². The van der Waals surface area contributed by atoms with Crippen molar-refractivity contribution >= 4 is 12.0 Å². The number of hydrogen-bond donors (Lipinski definition) is 1. The van der Waals surface area contributed by atoms with Gasteiger partial charge in [-0.15, -0.1) is 0 Å². The van der Waals surface area contributed by atoms with Crippen LogP contribution in [0.2, 0.25) is 0 Å². The van der Waals surface area contributed by atoms with Gasteiger partial charge < -0.3 is 19.7 Å². The first-order valence-corrected chi connectivity index (χ1v) is 7.97. The van der Waals surface area contributed by atoms with Crippen molar-refractivity contribution in [2.45, 2.75) is 45.8 Å². The number of carbonyl (C=O) groups is 2. The quantitative estimate of drug-likeness (QED) is 0.867. The van der Waals surface area contributed by atoms with Crippen molar-refractivity contribution in [1.29, 1.82) is 0 Å². The number of methoxy groups -OCH3 is 1. The largest absolute Gasteiger partial charge is 0.497 e. The average molecular weight is 336 g/mol. The highest BCUT2D eigenvalue weighted by Crippen LogP contribution is 2.12. The fraction of sp³-hybridized carbons (Fsp3) is 0.556. The topological polar surface area (TPSA) is 67.9 Å². The summed E-state index contributed by atoms with van der Waals surface area (Å²) in [6.07, 6.45) is -0.175. The lowest BCUT2D eigenvalue weighted by Gasteiger charge is -2.25. The fourth-order valence-corrected chi connectivity index (χ4v) is 2.12. The minimum absolute atomic E-state index is 0.0157. The van der Waals surface area contributed by atoms with Crippen LogP contribution >= 0.6 is 0 Å². The SMILES string of the molecule is COc1ccc(CC(=O)N(C)C[C@@H](C)NC(=O)OC(C)(C)C)cc1. The summed E-state index contributed by atoms with van der Waals surface area (Å²) in [5.41, 5.74) is 0.375. The number of carbonyl (C=O) groups excluding carboxylic acids is 2. The van der Waals surface area contributed by atoms with Crippen LogP contribution in [0.25, 0.3) is 0 Å².